The molecule has 0 rings (SSSR count). The molecule has 0 aliphatic rings. The van der Waals surface area contributed by atoms with Crippen LogP contribution in [-0.4, -0.2) is 70.1 Å². The van der Waals surface area contributed by atoms with Crippen LogP contribution >= 0.6 is 0 Å². The second-order valence-corrected chi connectivity index (χ2v) is 6.80. The summed E-state index contributed by atoms with van der Waals surface area (Å²) >= 11 is 0. The fourth-order valence-corrected chi connectivity index (χ4v) is 2.01. The molecule has 0 aliphatic heterocycles. The van der Waals surface area contributed by atoms with Crippen LogP contribution in [0.2, 0.25) is 0 Å². The number of amides is 4. The third-order valence-corrected chi connectivity index (χ3v) is 3.85. The lowest BCUT2D eigenvalue weighted by atomic mass is 10.0. The van der Waals surface area contributed by atoms with Crippen molar-refractivity contribution in [3.8, 4) is 0 Å². The average Bonchev–Trinajstić information content (AvgIpc) is 2.56. The van der Waals surface area contributed by atoms with E-state index in [0.717, 1.165) is 0 Å². The fourth-order valence-electron chi connectivity index (χ4n) is 2.01. The molecule has 0 saturated carbocycles. The number of primary amides is 1. The van der Waals surface area contributed by atoms with Crippen molar-refractivity contribution in [2.75, 3.05) is 0 Å². The molecule has 0 aromatic carbocycles. The molecule has 0 aliphatic carbocycles. The number of rotatable bonds is 11. The van der Waals surface area contributed by atoms with E-state index in [1.165, 1.54) is 13.8 Å². The highest BCUT2D eigenvalue weighted by Crippen LogP contribution is 2.02. The van der Waals surface area contributed by atoms with E-state index in [-0.39, 0.29) is 5.92 Å². The van der Waals surface area contributed by atoms with Gasteiger partial charge >= 0.3 is 5.97 Å². The molecule has 0 aromatic rings. The Balaban J connectivity index is 5.32. The van der Waals surface area contributed by atoms with Gasteiger partial charge in [-0.3, -0.25) is 24.0 Å². The van der Waals surface area contributed by atoms with Crippen molar-refractivity contribution in [1.29, 1.82) is 0 Å². The molecule has 0 saturated heterocycles. The number of aliphatic hydroxyl groups excluding tert-OH is 1. The van der Waals surface area contributed by atoms with E-state index in [2.05, 4.69) is 16.0 Å². The molecule has 12 nitrogen and oxygen atoms in total. The van der Waals surface area contributed by atoms with Gasteiger partial charge in [-0.2, -0.15) is 0 Å². The zero-order valence-electron chi connectivity index (χ0n) is 16.3. The van der Waals surface area contributed by atoms with Crippen LogP contribution in [0.15, 0.2) is 0 Å². The number of aliphatic hydroxyl groups is 1. The number of nitrogens with two attached hydrogens (primary N) is 2. The Morgan fingerprint density at radius 2 is 1.43 bits per heavy atom. The summed E-state index contributed by atoms with van der Waals surface area (Å²) in [5.74, 6) is -5.10. The largest absolute Gasteiger partial charge is 0.480 e. The van der Waals surface area contributed by atoms with Crippen molar-refractivity contribution in [2.24, 2.45) is 17.4 Å². The van der Waals surface area contributed by atoms with Gasteiger partial charge in [0.1, 0.15) is 18.1 Å². The van der Waals surface area contributed by atoms with Gasteiger partial charge in [-0.25, -0.2) is 0 Å². The Morgan fingerprint density at radius 1 is 0.893 bits per heavy atom. The van der Waals surface area contributed by atoms with Crippen molar-refractivity contribution in [1.82, 2.24) is 16.0 Å². The van der Waals surface area contributed by atoms with Gasteiger partial charge in [0.2, 0.25) is 23.6 Å². The molecule has 0 spiro atoms. The van der Waals surface area contributed by atoms with Crippen molar-refractivity contribution in [3.63, 3.8) is 0 Å². The molecule has 160 valence electrons. The molecule has 9 N–H and O–H groups in total. The molecule has 4 amide bonds. The highest BCUT2D eigenvalue weighted by Gasteiger charge is 2.32. The maximum Gasteiger partial charge on any atom is 0.325 e. The van der Waals surface area contributed by atoms with Crippen LogP contribution in [0.4, 0.5) is 0 Å². The fraction of sp³-hybridized carbons (Fsp3) is 0.688. The zero-order valence-corrected chi connectivity index (χ0v) is 16.3. The monoisotopic (exact) mass is 403 g/mol. The highest BCUT2D eigenvalue weighted by atomic mass is 16.4. The SMILES string of the molecule is CC(NC(=O)C(CC(N)=O)NC(=O)C(NC(=O)C(N)C(C)C)C(C)O)C(=O)O. The summed E-state index contributed by atoms with van der Waals surface area (Å²) < 4.78 is 0. The number of hydrogen-bond acceptors (Lipinski definition) is 7. The summed E-state index contributed by atoms with van der Waals surface area (Å²) in [4.78, 5) is 58.8. The van der Waals surface area contributed by atoms with Crippen LogP contribution in [-0.2, 0) is 24.0 Å². The van der Waals surface area contributed by atoms with Gasteiger partial charge < -0.3 is 37.6 Å². The summed E-state index contributed by atoms with van der Waals surface area (Å²) in [5, 5.41) is 25.2. The van der Waals surface area contributed by atoms with E-state index < -0.39 is 66.3 Å². The van der Waals surface area contributed by atoms with E-state index in [1.54, 1.807) is 13.8 Å². The maximum atomic E-state index is 12.5. The number of carbonyl (C=O) groups is 5. The third-order valence-electron chi connectivity index (χ3n) is 3.85. The topological polar surface area (TPSA) is 214 Å². The zero-order chi connectivity index (χ0) is 22.2. The minimum atomic E-state index is -1.50. The first-order valence-corrected chi connectivity index (χ1v) is 8.63. The van der Waals surface area contributed by atoms with Crippen molar-refractivity contribution < 1.29 is 34.2 Å². The summed E-state index contributed by atoms with van der Waals surface area (Å²) in [6.45, 7) is 5.81. The predicted molar refractivity (Wildman–Crippen MR) is 97.4 cm³/mol. The molecule has 0 bridgehead atoms. The van der Waals surface area contributed by atoms with Crippen LogP contribution in [0.25, 0.3) is 0 Å². The maximum absolute atomic E-state index is 12.5. The molecule has 5 atom stereocenters. The molecule has 0 heterocycles. The van der Waals surface area contributed by atoms with E-state index in [9.17, 15) is 29.1 Å². The molecule has 28 heavy (non-hydrogen) atoms. The van der Waals surface area contributed by atoms with Gasteiger partial charge in [0.25, 0.3) is 0 Å². The van der Waals surface area contributed by atoms with E-state index in [1.807, 2.05) is 0 Å². The molecule has 0 radical (unpaired) electrons. The van der Waals surface area contributed by atoms with Crippen molar-refractivity contribution >= 4 is 29.6 Å². The number of nitrogens with one attached hydrogen (secondary N) is 3. The lowest BCUT2D eigenvalue weighted by molar-refractivity contribution is -0.142. The molecular weight excluding hydrogens is 374 g/mol. The lowest BCUT2D eigenvalue weighted by Gasteiger charge is -2.26. The smallest absolute Gasteiger partial charge is 0.325 e. The van der Waals surface area contributed by atoms with E-state index >= 15 is 0 Å². The van der Waals surface area contributed by atoms with Gasteiger partial charge in [0.15, 0.2) is 0 Å². The standard InChI is InChI=1S/C16H29N5O7/c1-6(2)11(18)14(25)21-12(8(4)22)15(26)20-9(5-10(17)23)13(24)19-7(3)16(27)28/h6-9,11-12,22H,5,18H2,1-4H3,(H2,17,23)(H,19,24)(H,20,26)(H,21,25)(H,27,28). The Hall–Kier alpha value is -2.73. The van der Waals surface area contributed by atoms with E-state index in [4.69, 9.17) is 16.6 Å². The van der Waals surface area contributed by atoms with Crippen LogP contribution in [0, 0.1) is 5.92 Å². The predicted octanol–water partition coefficient (Wildman–Crippen LogP) is -3.22. The molecular formula is C16H29N5O7. The lowest BCUT2D eigenvalue weighted by Crippen LogP contribution is -2.60. The minimum Gasteiger partial charge on any atom is -0.480 e. The molecule has 5 unspecified atom stereocenters. The van der Waals surface area contributed by atoms with Gasteiger partial charge in [-0.05, 0) is 19.8 Å². The van der Waals surface area contributed by atoms with Gasteiger partial charge in [-0.15, -0.1) is 0 Å². The second-order valence-electron chi connectivity index (χ2n) is 6.80. The molecule has 0 aromatic heterocycles. The molecule has 12 heteroatoms. The third kappa shape index (κ3) is 8.31. The van der Waals surface area contributed by atoms with E-state index in [0.29, 0.717) is 0 Å². The number of carboxylic acid groups (broad SMARTS) is 1. The van der Waals surface area contributed by atoms with Crippen molar-refractivity contribution in [2.45, 2.75) is 64.4 Å². The Labute approximate surface area is 162 Å². The number of hydrogen-bond donors (Lipinski definition) is 7. The van der Waals surface area contributed by atoms with Crippen LogP contribution in [0.5, 0.6) is 0 Å². The first-order valence-electron chi connectivity index (χ1n) is 8.63. The summed E-state index contributed by atoms with van der Waals surface area (Å²) in [6.07, 6.45) is -1.96. The quantitative estimate of drug-likeness (QED) is 0.186. The summed E-state index contributed by atoms with van der Waals surface area (Å²) in [5.41, 5.74) is 10.8. The first kappa shape index (κ1) is 25.3. The van der Waals surface area contributed by atoms with Gasteiger partial charge in [0, 0.05) is 0 Å². The first-order chi connectivity index (χ1) is 12.8. The minimum absolute atomic E-state index is 0.233. The van der Waals surface area contributed by atoms with Gasteiger partial charge in [0.05, 0.1) is 18.6 Å². The Kier molecular flexibility index (Phi) is 10.1. The number of carbonyl (C=O) groups excluding carboxylic acids is 4. The van der Waals surface area contributed by atoms with Crippen LogP contribution < -0.4 is 27.4 Å². The normalized spacial score (nSPS) is 16.2. The average molecular weight is 403 g/mol. The number of aliphatic carboxylic acids is 1. The number of carboxylic acids is 1. The van der Waals surface area contributed by atoms with Crippen molar-refractivity contribution in [3.05, 3.63) is 0 Å². The Bertz CT molecular complexity index is 608. The Morgan fingerprint density at radius 3 is 1.82 bits per heavy atom. The second kappa shape index (κ2) is 11.2. The highest BCUT2D eigenvalue weighted by molar-refractivity contribution is 5.96. The van der Waals surface area contributed by atoms with Crippen LogP contribution in [0.1, 0.15) is 34.1 Å². The van der Waals surface area contributed by atoms with Gasteiger partial charge in [-0.1, -0.05) is 13.8 Å². The molecule has 0 fully saturated rings. The summed E-state index contributed by atoms with van der Waals surface area (Å²) in [6, 6.07) is -5.17. The van der Waals surface area contributed by atoms with Crippen LogP contribution in [0.3, 0.4) is 0 Å². The summed E-state index contributed by atoms with van der Waals surface area (Å²) in [7, 11) is 0.